The Morgan fingerprint density at radius 3 is 2.68 bits per heavy atom. The Morgan fingerprint density at radius 2 is 2.08 bits per heavy atom. The van der Waals surface area contributed by atoms with E-state index in [9.17, 15) is 13.6 Å². The highest BCUT2D eigenvalue weighted by atomic mass is 19.3. The molecule has 4 nitrogen and oxygen atoms in total. The Balaban J connectivity index is 1.58. The molecule has 138 valence electrons. The number of carbonyl (C=O) groups excluding carboxylic acids is 1. The first kappa shape index (κ1) is 18.0. The monoisotopic (exact) mass is 353 g/mol. The van der Waals surface area contributed by atoms with E-state index in [4.69, 9.17) is 4.74 Å². The number of ether oxygens (including phenoxy) is 2. The van der Waals surface area contributed by atoms with Crippen molar-refractivity contribution in [2.24, 2.45) is 17.8 Å². The van der Waals surface area contributed by atoms with E-state index in [1.54, 1.807) is 24.1 Å². The molecule has 2 aliphatic carbocycles. The van der Waals surface area contributed by atoms with Gasteiger partial charge >= 0.3 is 6.61 Å². The summed E-state index contributed by atoms with van der Waals surface area (Å²) in [6.45, 7) is -2.48. The van der Waals surface area contributed by atoms with Crippen molar-refractivity contribution in [3.63, 3.8) is 0 Å². The topological polar surface area (TPSA) is 38.8 Å². The highest BCUT2D eigenvalue weighted by Gasteiger charge is 2.40. The van der Waals surface area contributed by atoms with E-state index in [2.05, 4.69) is 4.74 Å². The molecule has 3 unspecified atom stereocenters. The molecule has 2 bridgehead atoms. The second kappa shape index (κ2) is 7.58. The third-order valence-corrected chi connectivity index (χ3v) is 5.61. The van der Waals surface area contributed by atoms with Gasteiger partial charge in [0, 0.05) is 20.0 Å². The van der Waals surface area contributed by atoms with Crippen LogP contribution in [-0.4, -0.2) is 31.6 Å². The number of halogens is 2. The molecule has 0 aliphatic heterocycles. The predicted octanol–water partition coefficient (Wildman–Crippen LogP) is 4.08. The molecule has 0 radical (unpaired) electrons. The van der Waals surface area contributed by atoms with Crippen molar-refractivity contribution in [1.29, 1.82) is 0 Å². The maximum atomic E-state index is 12.5. The van der Waals surface area contributed by atoms with E-state index in [1.807, 2.05) is 0 Å². The molecule has 3 atom stereocenters. The fourth-order valence-electron chi connectivity index (χ4n) is 4.37. The lowest BCUT2D eigenvalue weighted by atomic mass is 9.86. The van der Waals surface area contributed by atoms with Gasteiger partial charge in [0.2, 0.25) is 5.91 Å². The number of carbonyl (C=O) groups is 1. The number of amides is 1. The van der Waals surface area contributed by atoms with Crippen LogP contribution in [0.15, 0.2) is 18.2 Å². The minimum atomic E-state index is -2.90. The molecule has 0 spiro atoms. The summed E-state index contributed by atoms with van der Waals surface area (Å²) in [6, 6.07) is 4.77. The second-order valence-electron chi connectivity index (χ2n) is 7.25. The van der Waals surface area contributed by atoms with Gasteiger partial charge in [-0.15, -0.1) is 0 Å². The molecular formula is C19H25F2NO3. The number of nitrogens with zero attached hydrogens (tertiary/aromatic N) is 1. The number of methoxy groups -OCH3 is 1. The van der Waals surface area contributed by atoms with Crippen molar-refractivity contribution < 1.29 is 23.0 Å². The van der Waals surface area contributed by atoms with Crippen molar-refractivity contribution in [3.8, 4) is 11.5 Å². The average Bonchev–Trinajstić information content (AvgIpc) is 3.18. The third kappa shape index (κ3) is 4.22. The van der Waals surface area contributed by atoms with Crippen LogP contribution in [0.2, 0.25) is 0 Å². The summed E-state index contributed by atoms with van der Waals surface area (Å²) < 4.78 is 34.3. The Kier molecular flexibility index (Phi) is 5.45. The number of hydrogen-bond donors (Lipinski definition) is 0. The minimum absolute atomic E-state index is 0.00258. The summed E-state index contributed by atoms with van der Waals surface area (Å²) in [6.07, 6.45) is 5.71. The fraction of sp³-hybridized carbons (Fsp3) is 0.632. The number of hydrogen-bond acceptors (Lipinski definition) is 3. The molecule has 0 saturated heterocycles. The normalized spacial score (nSPS) is 24.6. The van der Waals surface area contributed by atoms with Crippen LogP contribution in [-0.2, 0) is 11.3 Å². The first-order chi connectivity index (χ1) is 12.0. The van der Waals surface area contributed by atoms with Crippen LogP contribution in [0, 0.1) is 17.8 Å². The zero-order valence-corrected chi connectivity index (χ0v) is 14.7. The SMILES string of the molecule is COc1cc(CN(C)C(=O)CC2CC3CCC2C3)ccc1OC(F)F. The van der Waals surface area contributed by atoms with Crippen molar-refractivity contribution in [1.82, 2.24) is 4.90 Å². The van der Waals surface area contributed by atoms with Crippen LogP contribution in [0.5, 0.6) is 11.5 Å². The van der Waals surface area contributed by atoms with Crippen molar-refractivity contribution in [2.75, 3.05) is 14.2 Å². The van der Waals surface area contributed by atoms with Crippen LogP contribution >= 0.6 is 0 Å². The highest BCUT2D eigenvalue weighted by Crippen LogP contribution is 2.49. The average molecular weight is 353 g/mol. The molecule has 1 aromatic carbocycles. The van der Waals surface area contributed by atoms with Gasteiger partial charge in [-0.1, -0.05) is 12.5 Å². The lowest BCUT2D eigenvalue weighted by molar-refractivity contribution is -0.131. The predicted molar refractivity (Wildman–Crippen MR) is 89.7 cm³/mol. The quantitative estimate of drug-likeness (QED) is 0.741. The Hall–Kier alpha value is -1.85. The number of alkyl halides is 2. The van der Waals surface area contributed by atoms with E-state index in [-0.39, 0.29) is 17.4 Å². The minimum Gasteiger partial charge on any atom is -0.493 e. The summed E-state index contributed by atoms with van der Waals surface area (Å²) >= 11 is 0. The van der Waals surface area contributed by atoms with Gasteiger partial charge in [-0.3, -0.25) is 4.79 Å². The molecule has 0 aromatic heterocycles. The van der Waals surface area contributed by atoms with Gasteiger partial charge in [0.05, 0.1) is 7.11 Å². The van der Waals surface area contributed by atoms with Crippen molar-refractivity contribution >= 4 is 5.91 Å². The largest absolute Gasteiger partial charge is 0.493 e. The van der Waals surface area contributed by atoms with E-state index in [0.717, 1.165) is 17.4 Å². The number of rotatable bonds is 7. The van der Waals surface area contributed by atoms with Gasteiger partial charge in [0.15, 0.2) is 11.5 Å². The van der Waals surface area contributed by atoms with Crippen LogP contribution in [0.25, 0.3) is 0 Å². The van der Waals surface area contributed by atoms with Crippen LogP contribution in [0.1, 0.15) is 37.7 Å². The zero-order chi connectivity index (χ0) is 18.0. The Bertz CT molecular complexity index is 623. The lowest BCUT2D eigenvalue weighted by Crippen LogP contribution is -2.29. The Labute approximate surface area is 147 Å². The fourth-order valence-corrected chi connectivity index (χ4v) is 4.37. The maximum absolute atomic E-state index is 12.5. The van der Waals surface area contributed by atoms with E-state index >= 15 is 0 Å². The van der Waals surface area contributed by atoms with Gasteiger partial charge < -0.3 is 14.4 Å². The summed E-state index contributed by atoms with van der Waals surface area (Å²) in [7, 11) is 3.19. The molecule has 2 aliphatic rings. The summed E-state index contributed by atoms with van der Waals surface area (Å²) in [5, 5.41) is 0. The molecule has 25 heavy (non-hydrogen) atoms. The van der Waals surface area contributed by atoms with Crippen molar-refractivity contribution in [2.45, 2.75) is 45.3 Å². The summed E-state index contributed by atoms with van der Waals surface area (Å²) in [5.41, 5.74) is 0.822. The molecule has 1 aromatic rings. The van der Waals surface area contributed by atoms with Crippen LogP contribution < -0.4 is 9.47 Å². The van der Waals surface area contributed by atoms with Crippen LogP contribution in [0.3, 0.4) is 0 Å². The van der Waals surface area contributed by atoms with Gasteiger partial charge in [0.25, 0.3) is 0 Å². The van der Waals surface area contributed by atoms with E-state index in [0.29, 0.717) is 18.9 Å². The first-order valence-electron chi connectivity index (χ1n) is 8.82. The molecule has 6 heteroatoms. The molecule has 3 rings (SSSR count). The zero-order valence-electron chi connectivity index (χ0n) is 14.7. The van der Waals surface area contributed by atoms with Gasteiger partial charge in [0.1, 0.15) is 0 Å². The number of benzene rings is 1. The van der Waals surface area contributed by atoms with E-state index in [1.165, 1.54) is 38.9 Å². The van der Waals surface area contributed by atoms with Gasteiger partial charge in [-0.05, 0) is 54.7 Å². The van der Waals surface area contributed by atoms with Crippen molar-refractivity contribution in [3.05, 3.63) is 23.8 Å². The summed E-state index contributed by atoms with van der Waals surface area (Å²) in [4.78, 5) is 14.2. The molecule has 2 fully saturated rings. The Morgan fingerprint density at radius 1 is 1.28 bits per heavy atom. The molecule has 0 heterocycles. The van der Waals surface area contributed by atoms with E-state index < -0.39 is 6.61 Å². The molecular weight excluding hydrogens is 328 g/mol. The lowest BCUT2D eigenvalue weighted by Gasteiger charge is -2.24. The molecule has 1 amide bonds. The standard InChI is InChI=1S/C19H25F2NO3/c1-22(18(23)10-15-8-12-3-5-14(15)7-12)11-13-4-6-16(25-19(20)21)17(9-13)24-2/h4,6,9,12,14-15,19H,3,5,7-8,10-11H2,1-2H3. The first-order valence-corrected chi connectivity index (χ1v) is 8.82. The van der Waals surface area contributed by atoms with Gasteiger partial charge in [-0.2, -0.15) is 8.78 Å². The molecule has 2 saturated carbocycles. The summed E-state index contributed by atoms with van der Waals surface area (Å²) in [5.74, 6) is 2.48. The third-order valence-electron chi connectivity index (χ3n) is 5.61. The molecule has 0 N–H and O–H groups in total. The highest BCUT2D eigenvalue weighted by molar-refractivity contribution is 5.76. The van der Waals surface area contributed by atoms with Crippen LogP contribution in [0.4, 0.5) is 8.78 Å². The maximum Gasteiger partial charge on any atom is 0.387 e. The number of fused-ring (bicyclic) bond motifs is 2. The second-order valence-corrected chi connectivity index (χ2v) is 7.25. The van der Waals surface area contributed by atoms with Gasteiger partial charge in [-0.25, -0.2) is 0 Å². The smallest absolute Gasteiger partial charge is 0.387 e.